The Morgan fingerprint density at radius 2 is 1.29 bits per heavy atom. The number of carbonyl (C=O) groups excluding carboxylic acids is 4. The number of nitrogens with two attached hydrogens (primary N) is 2. The molecule has 1 fully saturated rings. The van der Waals surface area contributed by atoms with Gasteiger partial charge in [0.25, 0.3) is 0 Å². The summed E-state index contributed by atoms with van der Waals surface area (Å²) >= 11 is 0. The lowest BCUT2D eigenvalue weighted by Gasteiger charge is -2.37. The zero-order valence-corrected chi connectivity index (χ0v) is 28.5. The number of aliphatic hydroxyl groups is 1. The second kappa shape index (κ2) is 19.0. The Kier molecular flexibility index (Phi) is 15.2. The average Bonchev–Trinajstić information content (AvgIpc) is 3.07. The molecule has 3 rings (SSSR count). The lowest BCUT2D eigenvalue weighted by molar-refractivity contribution is -0.165. The number of amides is 4. The van der Waals surface area contributed by atoms with Crippen LogP contribution >= 0.6 is 0 Å². The minimum atomic E-state index is -1.90. The van der Waals surface area contributed by atoms with Gasteiger partial charge >= 0.3 is 5.97 Å². The van der Waals surface area contributed by atoms with Gasteiger partial charge in [-0.3, -0.25) is 19.2 Å². The molecule has 0 radical (unpaired) electrons. The van der Waals surface area contributed by atoms with Gasteiger partial charge in [0.15, 0.2) is 5.60 Å². The molecule has 9 N–H and O–H groups in total. The third-order valence-electron chi connectivity index (χ3n) is 8.75. The maximum Gasteiger partial charge on any atom is 0.335 e. The molecule has 0 aliphatic carbocycles. The van der Waals surface area contributed by atoms with Crippen molar-refractivity contribution < 1.29 is 34.2 Å². The van der Waals surface area contributed by atoms with Crippen LogP contribution in [-0.2, 0) is 36.8 Å². The molecule has 268 valence electrons. The van der Waals surface area contributed by atoms with E-state index in [1.165, 1.54) is 4.90 Å². The van der Waals surface area contributed by atoms with Crippen LogP contribution in [0.3, 0.4) is 0 Å². The van der Waals surface area contributed by atoms with Gasteiger partial charge in [-0.1, -0.05) is 74.5 Å². The topological polar surface area (TPSA) is 217 Å². The van der Waals surface area contributed by atoms with Crippen molar-refractivity contribution in [1.82, 2.24) is 20.9 Å². The number of carboxylic acids is 1. The predicted molar refractivity (Wildman–Crippen MR) is 185 cm³/mol. The third kappa shape index (κ3) is 12.3. The minimum absolute atomic E-state index is 0.0142. The Labute approximate surface area is 288 Å². The summed E-state index contributed by atoms with van der Waals surface area (Å²) in [5, 5.41) is 28.2. The second-order valence-corrected chi connectivity index (χ2v) is 13.2. The van der Waals surface area contributed by atoms with Gasteiger partial charge < -0.3 is 42.5 Å². The number of rotatable bonds is 18. The number of nitrogens with zero attached hydrogens (tertiary/aromatic N) is 1. The number of aliphatic carboxylic acids is 1. The van der Waals surface area contributed by atoms with Crippen molar-refractivity contribution in [3.63, 3.8) is 0 Å². The van der Waals surface area contributed by atoms with Crippen LogP contribution in [0.1, 0.15) is 63.5 Å². The van der Waals surface area contributed by atoms with E-state index < -0.39 is 59.4 Å². The zero-order chi connectivity index (χ0) is 36.0. The zero-order valence-electron chi connectivity index (χ0n) is 28.5. The fourth-order valence-corrected chi connectivity index (χ4v) is 5.83. The first-order chi connectivity index (χ1) is 23.3. The highest BCUT2D eigenvalue weighted by Gasteiger charge is 2.42. The minimum Gasteiger partial charge on any atom is -0.479 e. The molecule has 13 nitrogen and oxygen atoms in total. The van der Waals surface area contributed by atoms with Gasteiger partial charge in [0, 0.05) is 32.4 Å². The standard InChI is InChI=1S/C36H52N6O7/c1-24(2)21-29(32(44)39-28(15-9-10-18-37)34(46)42-19-16-36(49,17-20-42)35(47)48)41-33(45)30(23-26-13-7-4-8-14-26)40-31(43)27(38)22-25-11-5-3-6-12-25/h3-8,11-14,24,27-30,49H,9-10,15-23,37-38H2,1-2H3,(H,39,44)(H,40,43)(H,41,45)(H,47,48)/t27-,28-,29-,30-/m1/s1. The lowest BCUT2D eigenvalue weighted by atomic mass is 9.91. The van der Waals surface area contributed by atoms with Crippen LogP contribution in [0.2, 0.25) is 0 Å². The number of hydrogen-bond acceptors (Lipinski definition) is 8. The van der Waals surface area contributed by atoms with E-state index in [-0.39, 0.29) is 57.5 Å². The van der Waals surface area contributed by atoms with Gasteiger partial charge in [-0.15, -0.1) is 0 Å². The number of carboxylic acid groups (broad SMARTS) is 1. The Balaban J connectivity index is 1.77. The monoisotopic (exact) mass is 680 g/mol. The van der Waals surface area contributed by atoms with Crippen molar-refractivity contribution in [1.29, 1.82) is 0 Å². The molecule has 2 aromatic rings. The van der Waals surface area contributed by atoms with Gasteiger partial charge in [-0.2, -0.15) is 0 Å². The molecular weight excluding hydrogens is 628 g/mol. The molecule has 49 heavy (non-hydrogen) atoms. The lowest BCUT2D eigenvalue weighted by Crippen LogP contribution is -2.59. The number of piperidine rings is 1. The number of unbranched alkanes of at least 4 members (excludes halogenated alkanes) is 1. The molecular formula is C36H52N6O7. The molecule has 13 heteroatoms. The van der Waals surface area contributed by atoms with Crippen LogP contribution in [-0.4, -0.2) is 94.1 Å². The molecule has 0 bridgehead atoms. The van der Waals surface area contributed by atoms with Crippen LogP contribution in [0.5, 0.6) is 0 Å². The number of carbonyl (C=O) groups is 5. The van der Waals surface area contributed by atoms with E-state index in [1.54, 1.807) is 0 Å². The summed E-state index contributed by atoms with van der Waals surface area (Å²) in [6, 6.07) is 14.6. The fourth-order valence-electron chi connectivity index (χ4n) is 5.83. The molecule has 1 aliphatic heterocycles. The van der Waals surface area contributed by atoms with Gasteiger partial charge in [-0.05, 0) is 55.7 Å². The maximum atomic E-state index is 13.8. The highest BCUT2D eigenvalue weighted by molar-refractivity contribution is 5.95. The number of nitrogens with one attached hydrogen (secondary N) is 3. The Morgan fingerprint density at radius 1 is 0.776 bits per heavy atom. The summed E-state index contributed by atoms with van der Waals surface area (Å²) in [5.41, 5.74) is 11.7. The Morgan fingerprint density at radius 3 is 1.82 bits per heavy atom. The highest BCUT2D eigenvalue weighted by atomic mass is 16.4. The van der Waals surface area contributed by atoms with Gasteiger partial charge in [-0.25, -0.2) is 4.79 Å². The molecule has 2 aromatic carbocycles. The third-order valence-corrected chi connectivity index (χ3v) is 8.75. The van der Waals surface area contributed by atoms with E-state index in [9.17, 15) is 34.2 Å². The second-order valence-electron chi connectivity index (χ2n) is 13.2. The van der Waals surface area contributed by atoms with Crippen LogP contribution in [0, 0.1) is 5.92 Å². The number of benzene rings is 2. The summed E-state index contributed by atoms with van der Waals surface area (Å²) in [4.78, 5) is 67.4. The van der Waals surface area contributed by atoms with Crippen molar-refractivity contribution in [2.45, 2.75) is 95.0 Å². The summed E-state index contributed by atoms with van der Waals surface area (Å²) in [7, 11) is 0. The molecule has 0 spiro atoms. The maximum absolute atomic E-state index is 13.8. The van der Waals surface area contributed by atoms with E-state index in [0.717, 1.165) is 11.1 Å². The Bertz CT molecular complexity index is 1380. The molecule has 1 aliphatic rings. The molecule has 0 saturated carbocycles. The fraction of sp³-hybridized carbons (Fsp3) is 0.528. The molecule has 4 amide bonds. The number of likely N-dealkylation sites (tertiary alicyclic amines) is 1. The van der Waals surface area contributed by atoms with E-state index >= 15 is 0 Å². The van der Waals surface area contributed by atoms with Crippen molar-refractivity contribution in [3.05, 3.63) is 71.8 Å². The molecule has 0 aromatic heterocycles. The number of hydrogen-bond donors (Lipinski definition) is 7. The SMILES string of the molecule is CC(C)C[C@@H](NC(=O)[C@@H](Cc1ccccc1)NC(=O)[C@H](N)Cc1ccccc1)C(=O)N[C@H](CCCCN)C(=O)N1CCC(O)(C(=O)O)CC1. The van der Waals surface area contributed by atoms with Gasteiger partial charge in [0.05, 0.1) is 6.04 Å². The summed E-state index contributed by atoms with van der Waals surface area (Å²) < 4.78 is 0. The van der Waals surface area contributed by atoms with Gasteiger partial charge in [0.1, 0.15) is 18.1 Å². The van der Waals surface area contributed by atoms with Gasteiger partial charge in [0.2, 0.25) is 23.6 Å². The van der Waals surface area contributed by atoms with E-state index in [4.69, 9.17) is 11.5 Å². The Hall–Kier alpha value is -4.33. The van der Waals surface area contributed by atoms with Crippen LogP contribution in [0.15, 0.2) is 60.7 Å². The normalized spacial score (nSPS) is 16.6. The first-order valence-electron chi connectivity index (χ1n) is 17.0. The smallest absolute Gasteiger partial charge is 0.335 e. The molecule has 4 atom stereocenters. The van der Waals surface area contributed by atoms with Crippen molar-refractivity contribution in [2.24, 2.45) is 17.4 Å². The first-order valence-corrected chi connectivity index (χ1v) is 17.0. The molecule has 0 unspecified atom stereocenters. The van der Waals surface area contributed by atoms with Crippen molar-refractivity contribution in [3.8, 4) is 0 Å². The molecule has 1 saturated heterocycles. The van der Waals surface area contributed by atoms with E-state index in [2.05, 4.69) is 16.0 Å². The van der Waals surface area contributed by atoms with Crippen LogP contribution < -0.4 is 27.4 Å². The largest absolute Gasteiger partial charge is 0.479 e. The highest BCUT2D eigenvalue weighted by Crippen LogP contribution is 2.23. The van der Waals surface area contributed by atoms with Crippen LogP contribution in [0.25, 0.3) is 0 Å². The summed E-state index contributed by atoms with van der Waals surface area (Å²) in [6.07, 6.45) is 1.89. The predicted octanol–water partition coefficient (Wildman–Crippen LogP) is 0.867. The van der Waals surface area contributed by atoms with Crippen molar-refractivity contribution >= 4 is 29.6 Å². The summed E-state index contributed by atoms with van der Waals surface area (Å²) in [5.74, 6) is -3.38. The summed E-state index contributed by atoms with van der Waals surface area (Å²) in [6.45, 7) is 4.24. The van der Waals surface area contributed by atoms with Crippen molar-refractivity contribution in [2.75, 3.05) is 19.6 Å². The average molecular weight is 681 g/mol. The first kappa shape index (κ1) is 39.1. The molecule has 1 heterocycles. The van der Waals surface area contributed by atoms with E-state index in [0.29, 0.717) is 19.4 Å². The quantitative estimate of drug-likeness (QED) is 0.111. The van der Waals surface area contributed by atoms with Crippen LogP contribution in [0.4, 0.5) is 0 Å². The van der Waals surface area contributed by atoms with E-state index in [1.807, 2.05) is 74.5 Å².